The number of amides is 2. The van der Waals surface area contributed by atoms with Gasteiger partial charge in [-0.2, -0.15) is 0 Å². The normalized spacial score (nSPS) is 15.7. The number of carbonyl (C=O) groups excluding carboxylic acids is 2. The Labute approximate surface area is 246 Å². The lowest BCUT2D eigenvalue weighted by Gasteiger charge is -2.37. The molecule has 1 aliphatic rings. The van der Waals surface area contributed by atoms with Gasteiger partial charge >= 0.3 is 0 Å². The van der Waals surface area contributed by atoms with E-state index in [-0.39, 0.29) is 24.3 Å². The van der Waals surface area contributed by atoms with Crippen LogP contribution in [-0.2, 0) is 22.6 Å². The summed E-state index contributed by atoms with van der Waals surface area (Å²) in [5.41, 5.74) is 5.64. The van der Waals surface area contributed by atoms with Crippen LogP contribution in [0.3, 0.4) is 0 Å². The van der Waals surface area contributed by atoms with Gasteiger partial charge in [0.1, 0.15) is 12.1 Å². The minimum Gasteiger partial charge on any atom is -0.497 e. The molecule has 10 nitrogen and oxygen atoms in total. The highest BCUT2D eigenvalue weighted by molar-refractivity contribution is 5.84. The summed E-state index contributed by atoms with van der Waals surface area (Å²) in [5, 5.41) is 6.64. The van der Waals surface area contributed by atoms with Gasteiger partial charge in [0.05, 0.1) is 25.1 Å². The van der Waals surface area contributed by atoms with Crippen molar-refractivity contribution in [2.75, 3.05) is 26.7 Å². The predicted octanol–water partition coefficient (Wildman–Crippen LogP) is 3.04. The number of methoxy groups -OCH3 is 1. The van der Waals surface area contributed by atoms with Crippen molar-refractivity contribution in [3.63, 3.8) is 0 Å². The molecule has 2 N–H and O–H groups in total. The smallest absolute Gasteiger partial charge is 0.235 e. The van der Waals surface area contributed by atoms with Crippen molar-refractivity contribution in [3.8, 4) is 11.7 Å². The van der Waals surface area contributed by atoms with Crippen LogP contribution in [-0.4, -0.2) is 69.0 Å². The number of nitrogens with zero attached hydrogens (tertiary/aromatic N) is 5. The number of benzene rings is 2. The number of aryl methyl sites for hydroxylation is 3. The molecule has 0 radical (unpaired) electrons. The molecule has 2 aromatic heterocycles. The zero-order chi connectivity index (χ0) is 29.6. The number of hydrogen-bond donors (Lipinski definition) is 2. The molecule has 2 amide bonds. The fraction of sp³-hybridized carbons (Fsp3) is 0.344. The summed E-state index contributed by atoms with van der Waals surface area (Å²) in [6.45, 7) is 7.91. The summed E-state index contributed by atoms with van der Waals surface area (Å²) >= 11 is 0. The molecule has 1 saturated heterocycles. The van der Waals surface area contributed by atoms with Gasteiger partial charge in [-0.3, -0.25) is 14.2 Å². The third-order valence-electron chi connectivity index (χ3n) is 7.71. The largest absolute Gasteiger partial charge is 0.497 e. The number of imidazole rings is 1. The average Bonchev–Trinajstić information content (AvgIpc) is 3.54. The van der Waals surface area contributed by atoms with Gasteiger partial charge in [-0.25, -0.2) is 15.0 Å². The van der Waals surface area contributed by atoms with Crippen molar-refractivity contribution in [1.82, 2.24) is 35.1 Å². The van der Waals surface area contributed by atoms with Crippen LogP contribution >= 0.6 is 0 Å². The second kappa shape index (κ2) is 12.9. The summed E-state index contributed by atoms with van der Waals surface area (Å²) in [5.74, 6) is 0.386. The Morgan fingerprint density at radius 3 is 2.55 bits per heavy atom. The van der Waals surface area contributed by atoms with E-state index in [1.807, 2.05) is 48.2 Å². The SMILES string of the molecule is COc1ccc(CC(=O)N2CCNC(C(C(=O)NCc3ccc(C)c(C)c3)c3cc(C)nc(-n4ccnc4)n3)C2)cc1. The number of hydrogen-bond acceptors (Lipinski definition) is 7. The maximum atomic E-state index is 14.0. The van der Waals surface area contributed by atoms with Crippen LogP contribution in [0.25, 0.3) is 5.95 Å². The summed E-state index contributed by atoms with van der Waals surface area (Å²) in [6.07, 6.45) is 5.34. The van der Waals surface area contributed by atoms with Crippen molar-refractivity contribution >= 4 is 11.8 Å². The van der Waals surface area contributed by atoms with Gasteiger partial charge in [0.25, 0.3) is 0 Å². The van der Waals surface area contributed by atoms with Crippen LogP contribution in [0, 0.1) is 20.8 Å². The zero-order valence-electron chi connectivity index (χ0n) is 24.5. The minimum absolute atomic E-state index is 0.0129. The van der Waals surface area contributed by atoms with E-state index in [4.69, 9.17) is 9.72 Å². The number of aromatic nitrogens is 4. The first-order valence-corrected chi connectivity index (χ1v) is 14.1. The summed E-state index contributed by atoms with van der Waals surface area (Å²) in [6, 6.07) is 15.2. The fourth-order valence-electron chi connectivity index (χ4n) is 5.22. The van der Waals surface area contributed by atoms with Gasteiger partial charge in [0.15, 0.2) is 0 Å². The Hall–Kier alpha value is -4.57. The summed E-state index contributed by atoms with van der Waals surface area (Å²) in [4.78, 5) is 42.6. The van der Waals surface area contributed by atoms with Crippen LogP contribution in [0.1, 0.15) is 39.6 Å². The number of rotatable bonds is 9. The van der Waals surface area contributed by atoms with Gasteiger partial charge in [-0.05, 0) is 61.2 Å². The number of piperazine rings is 1. The average molecular weight is 568 g/mol. The van der Waals surface area contributed by atoms with E-state index in [0.717, 1.165) is 22.6 Å². The van der Waals surface area contributed by atoms with E-state index in [1.54, 1.807) is 30.4 Å². The lowest BCUT2D eigenvalue weighted by molar-refractivity contribution is -0.133. The maximum Gasteiger partial charge on any atom is 0.235 e. The second-order valence-corrected chi connectivity index (χ2v) is 10.7. The molecule has 0 spiro atoms. The first-order valence-electron chi connectivity index (χ1n) is 14.1. The molecule has 2 unspecified atom stereocenters. The lowest BCUT2D eigenvalue weighted by Crippen LogP contribution is -2.57. The van der Waals surface area contributed by atoms with E-state index in [9.17, 15) is 9.59 Å². The number of nitrogens with one attached hydrogen (secondary N) is 2. The molecule has 4 aromatic rings. The molecular formula is C32H37N7O3. The van der Waals surface area contributed by atoms with E-state index in [0.29, 0.717) is 37.8 Å². The third kappa shape index (κ3) is 6.83. The molecule has 2 atom stereocenters. The molecule has 0 saturated carbocycles. The quantitative estimate of drug-likeness (QED) is 0.320. The number of carbonyl (C=O) groups is 2. The van der Waals surface area contributed by atoms with Crippen LogP contribution in [0.2, 0.25) is 0 Å². The molecule has 0 aliphatic carbocycles. The van der Waals surface area contributed by atoms with E-state index >= 15 is 0 Å². The standard InChI is InChI=1S/C32H37N7O3/c1-21-5-6-25(15-22(21)2)18-35-31(41)30(27-16-23(3)36-32(37-27)39-13-11-33-20-39)28-19-38(14-12-34-28)29(40)17-24-7-9-26(42-4)10-8-24/h5-11,13,15-16,20,28,30,34H,12,14,17-19H2,1-4H3,(H,35,41). The van der Waals surface area contributed by atoms with E-state index in [1.165, 1.54) is 11.1 Å². The highest BCUT2D eigenvalue weighted by Gasteiger charge is 2.36. The monoisotopic (exact) mass is 567 g/mol. The van der Waals surface area contributed by atoms with Crippen LogP contribution in [0.5, 0.6) is 5.75 Å². The van der Waals surface area contributed by atoms with E-state index in [2.05, 4.69) is 46.6 Å². The summed E-state index contributed by atoms with van der Waals surface area (Å²) < 4.78 is 6.96. The van der Waals surface area contributed by atoms with Crippen molar-refractivity contribution in [2.45, 2.75) is 45.7 Å². The van der Waals surface area contributed by atoms with Crippen molar-refractivity contribution < 1.29 is 14.3 Å². The maximum absolute atomic E-state index is 14.0. The molecule has 3 heterocycles. The lowest BCUT2D eigenvalue weighted by atomic mass is 9.92. The highest BCUT2D eigenvalue weighted by Crippen LogP contribution is 2.24. The fourth-order valence-corrected chi connectivity index (χ4v) is 5.22. The Kier molecular flexibility index (Phi) is 8.92. The second-order valence-electron chi connectivity index (χ2n) is 10.7. The van der Waals surface area contributed by atoms with Crippen molar-refractivity contribution in [2.24, 2.45) is 0 Å². The first kappa shape index (κ1) is 28.9. The Morgan fingerprint density at radius 1 is 1.05 bits per heavy atom. The van der Waals surface area contributed by atoms with Crippen molar-refractivity contribution in [3.05, 3.63) is 101 Å². The van der Waals surface area contributed by atoms with Gasteiger partial charge in [-0.15, -0.1) is 0 Å². The highest BCUT2D eigenvalue weighted by atomic mass is 16.5. The molecule has 2 aromatic carbocycles. The minimum atomic E-state index is -0.655. The van der Waals surface area contributed by atoms with E-state index < -0.39 is 5.92 Å². The van der Waals surface area contributed by atoms with Gasteiger partial charge in [-0.1, -0.05) is 30.3 Å². The van der Waals surface area contributed by atoms with Gasteiger partial charge in [0.2, 0.25) is 17.8 Å². The Balaban J connectivity index is 1.39. The molecular weight excluding hydrogens is 530 g/mol. The van der Waals surface area contributed by atoms with Crippen molar-refractivity contribution in [1.29, 1.82) is 0 Å². The molecule has 10 heteroatoms. The summed E-state index contributed by atoms with van der Waals surface area (Å²) in [7, 11) is 1.62. The van der Waals surface area contributed by atoms with Gasteiger partial charge < -0.3 is 20.3 Å². The van der Waals surface area contributed by atoms with Crippen LogP contribution < -0.4 is 15.4 Å². The number of ether oxygens (including phenoxy) is 1. The predicted molar refractivity (Wildman–Crippen MR) is 159 cm³/mol. The Bertz CT molecular complexity index is 1540. The van der Waals surface area contributed by atoms with Crippen LogP contribution in [0.4, 0.5) is 0 Å². The molecule has 218 valence electrons. The first-order chi connectivity index (χ1) is 20.3. The topological polar surface area (TPSA) is 114 Å². The Morgan fingerprint density at radius 2 is 1.83 bits per heavy atom. The zero-order valence-corrected chi connectivity index (χ0v) is 24.5. The van der Waals surface area contributed by atoms with Crippen LogP contribution in [0.15, 0.2) is 67.3 Å². The molecule has 1 aliphatic heterocycles. The molecule has 42 heavy (non-hydrogen) atoms. The molecule has 0 bridgehead atoms. The third-order valence-corrected chi connectivity index (χ3v) is 7.71. The molecule has 5 rings (SSSR count). The molecule has 1 fully saturated rings. The van der Waals surface area contributed by atoms with Gasteiger partial charge in [0, 0.05) is 50.3 Å².